The fourth-order valence-electron chi connectivity index (χ4n) is 1.78. The molecule has 0 fully saturated rings. The Morgan fingerprint density at radius 3 is 2.37 bits per heavy atom. The maximum Gasteiger partial charge on any atom is 0.101 e. The fourth-order valence-corrected chi connectivity index (χ4v) is 2.47. The molecule has 2 aromatic carbocycles. The van der Waals surface area contributed by atoms with Gasteiger partial charge in [0.05, 0.1) is 10.6 Å². The Morgan fingerprint density at radius 2 is 1.79 bits per heavy atom. The molecule has 0 bridgehead atoms. The summed E-state index contributed by atoms with van der Waals surface area (Å²) in [6, 6.07) is 17.1. The van der Waals surface area contributed by atoms with Crippen molar-refractivity contribution in [2.75, 3.05) is 0 Å². The summed E-state index contributed by atoms with van der Waals surface area (Å²) in [5, 5.41) is 10.2. The van der Waals surface area contributed by atoms with Crippen molar-refractivity contribution in [3.8, 4) is 6.07 Å². The molecule has 0 aliphatic carbocycles. The number of nitriles is 1. The molecular formula is C16H11Cl2N. The number of halogens is 2. The van der Waals surface area contributed by atoms with Crippen molar-refractivity contribution in [1.82, 2.24) is 0 Å². The summed E-state index contributed by atoms with van der Waals surface area (Å²) in [6.07, 6.45) is 0. The molecule has 0 unspecified atom stereocenters. The second-order valence-electron chi connectivity index (χ2n) is 4.15. The molecule has 2 rings (SSSR count). The number of nitrogens with zero attached hydrogens (tertiary/aromatic N) is 1. The van der Waals surface area contributed by atoms with Gasteiger partial charge in [-0.2, -0.15) is 5.26 Å². The van der Waals surface area contributed by atoms with Gasteiger partial charge in [0, 0.05) is 10.6 Å². The number of allylic oxidation sites excluding steroid dienone is 1. The van der Waals surface area contributed by atoms with Gasteiger partial charge in [0.15, 0.2) is 0 Å². The van der Waals surface area contributed by atoms with E-state index in [2.05, 4.69) is 6.07 Å². The van der Waals surface area contributed by atoms with Gasteiger partial charge < -0.3 is 0 Å². The first kappa shape index (κ1) is 13.7. The van der Waals surface area contributed by atoms with Crippen molar-refractivity contribution in [1.29, 1.82) is 5.26 Å². The van der Waals surface area contributed by atoms with E-state index in [1.165, 1.54) is 0 Å². The zero-order valence-corrected chi connectivity index (χ0v) is 11.8. The van der Waals surface area contributed by atoms with Crippen molar-refractivity contribution in [2.24, 2.45) is 0 Å². The van der Waals surface area contributed by atoms with Gasteiger partial charge in [0.2, 0.25) is 0 Å². The Labute approximate surface area is 122 Å². The van der Waals surface area contributed by atoms with E-state index in [-0.39, 0.29) is 0 Å². The number of benzene rings is 2. The van der Waals surface area contributed by atoms with Gasteiger partial charge in [-0.3, -0.25) is 0 Å². The highest BCUT2D eigenvalue weighted by Crippen LogP contribution is 2.33. The molecule has 94 valence electrons. The molecule has 0 saturated carbocycles. The minimum absolute atomic E-state index is 0.374. The average molecular weight is 288 g/mol. The van der Waals surface area contributed by atoms with Crippen molar-refractivity contribution in [3.63, 3.8) is 0 Å². The molecule has 0 aliphatic heterocycles. The molecule has 0 aromatic heterocycles. The summed E-state index contributed by atoms with van der Waals surface area (Å²) >= 11 is 12.5. The van der Waals surface area contributed by atoms with Gasteiger partial charge in [-0.05, 0) is 24.1 Å². The summed E-state index contributed by atoms with van der Waals surface area (Å²) in [7, 11) is 0. The van der Waals surface area contributed by atoms with Crippen LogP contribution in [0.4, 0.5) is 0 Å². The van der Waals surface area contributed by atoms with Gasteiger partial charge in [-0.25, -0.2) is 0 Å². The maximum atomic E-state index is 9.32. The van der Waals surface area contributed by atoms with Gasteiger partial charge in [0.25, 0.3) is 0 Å². The third-order valence-electron chi connectivity index (χ3n) is 2.75. The standard InChI is InChI=1S/C16H11Cl2N/c1-11-7-8-13(15(17)9-11)16(18)14(10-19)12-5-3-2-4-6-12/h2-9H,1H3/b16-14+. The number of hydrogen-bond acceptors (Lipinski definition) is 1. The van der Waals surface area contributed by atoms with E-state index in [9.17, 15) is 5.26 Å². The summed E-state index contributed by atoms with van der Waals surface area (Å²) < 4.78 is 0. The molecule has 0 N–H and O–H groups in total. The van der Waals surface area contributed by atoms with Crippen molar-refractivity contribution >= 4 is 33.8 Å². The van der Waals surface area contributed by atoms with Crippen LogP contribution in [0, 0.1) is 18.3 Å². The van der Waals surface area contributed by atoms with E-state index in [4.69, 9.17) is 23.2 Å². The molecular weight excluding hydrogens is 277 g/mol. The predicted molar refractivity (Wildman–Crippen MR) is 80.9 cm³/mol. The van der Waals surface area contributed by atoms with E-state index in [1.807, 2.05) is 55.5 Å². The Morgan fingerprint density at radius 1 is 1.11 bits per heavy atom. The van der Waals surface area contributed by atoms with Crippen molar-refractivity contribution in [3.05, 3.63) is 70.2 Å². The van der Waals surface area contributed by atoms with Gasteiger partial charge in [0.1, 0.15) is 6.07 Å². The highest BCUT2D eigenvalue weighted by atomic mass is 35.5. The van der Waals surface area contributed by atoms with Crippen LogP contribution >= 0.6 is 23.2 Å². The van der Waals surface area contributed by atoms with Crippen LogP contribution in [0.3, 0.4) is 0 Å². The third kappa shape index (κ3) is 2.98. The summed E-state index contributed by atoms with van der Waals surface area (Å²) in [6.45, 7) is 1.95. The third-order valence-corrected chi connectivity index (χ3v) is 3.46. The molecule has 0 spiro atoms. The van der Waals surface area contributed by atoms with Crippen LogP contribution in [0.25, 0.3) is 10.6 Å². The maximum absolute atomic E-state index is 9.32. The molecule has 19 heavy (non-hydrogen) atoms. The minimum atomic E-state index is 0.374. The molecule has 0 aliphatic rings. The second kappa shape index (κ2) is 5.93. The van der Waals surface area contributed by atoms with Crippen molar-refractivity contribution < 1.29 is 0 Å². The van der Waals surface area contributed by atoms with Crippen molar-refractivity contribution in [2.45, 2.75) is 6.92 Å². The largest absolute Gasteiger partial charge is 0.192 e. The van der Waals surface area contributed by atoms with Crippen LogP contribution in [0.15, 0.2) is 48.5 Å². The van der Waals surface area contributed by atoms with E-state index < -0.39 is 0 Å². The lowest BCUT2D eigenvalue weighted by Crippen LogP contribution is -1.88. The molecule has 1 nitrogen and oxygen atoms in total. The fraction of sp³-hybridized carbons (Fsp3) is 0.0625. The molecule has 0 radical (unpaired) electrons. The van der Waals surface area contributed by atoms with Crippen LogP contribution in [0.2, 0.25) is 5.02 Å². The van der Waals surface area contributed by atoms with E-state index in [1.54, 1.807) is 0 Å². The molecule has 0 amide bonds. The highest BCUT2D eigenvalue weighted by Gasteiger charge is 2.12. The van der Waals surface area contributed by atoms with E-state index in [0.29, 0.717) is 21.2 Å². The lowest BCUT2D eigenvalue weighted by atomic mass is 10.0. The van der Waals surface area contributed by atoms with E-state index >= 15 is 0 Å². The Kier molecular flexibility index (Phi) is 4.27. The zero-order valence-electron chi connectivity index (χ0n) is 10.3. The molecule has 0 saturated heterocycles. The zero-order chi connectivity index (χ0) is 13.8. The number of hydrogen-bond donors (Lipinski definition) is 0. The highest BCUT2D eigenvalue weighted by molar-refractivity contribution is 6.54. The molecule has 0 heterocycles. The normalized spacial score (nSPS) is 11.7. The topological polar surface area (TPSA) is 23.8 Å². The quantitative estimate of drug-likeness (QED) is 0.545. The smallest absolute Gasteiger partial charge is 0.101 e. The Balaban J connectivity index is 2.59. The molecule has 2 aromatic rings. The lowest BCUT2D eigenvalue weighted by molar-refractivity contribution is 1.46. The van der Waals surface area contributed by atoms with Crippen LogP contribution in [0.5, 0.6) is 0 Å². The molecule has 3 heteroatoms. The first-order valence-electron chi connectivity index (χ1n) is 5.75. The first-order chi connectivity index (χ1) is 9.13. The van der Waals surface area contributed by atoms with Crippen LogP contribution < -0.4 is 0 Å². The summed E-state index contributed by atoms with van der Waals surface area (Å²) in [5.41, 5.74) is 2.94. The Bertz CT molecular complexity index is 667. The second-order valence-corrected chi connectivity index (χ2v) is 4.94. The molecule has 0 atom stereocenters. The monoisotopic (exact) mass is 287 g/mol. The average Bonchev–Trinajstić information content (AvgIpc) is 2.40. The predicted octanol–water partition coefficient (Wildman–Crippen LogP) is 5.28. The van der Waals surface area contributed by atoms with Crippen LogP contribution in [-0.2, 0) is 0 Å². The van der Waals surface area contributed by atoms with Crippen LogP contribution in [-0.4, -0.2) is 0 Å². The summed E-state index contributed by atoms with van der Waals surface area (Å²) in [4.78, 5) is 0. The summed E-state index contributed by atoms with van der Waals surface area (Å²) in [5.74, 6) is 0. The Hall–Kier alpha value is -1.75. The van der Waals surface area contributed by atoms with Gasteiger partial charge in [-0.15, -0.1) is 0 Å². The van der Waals surface area contributed by atoms with Gasteiger partial charge >= 0.3 is 0 Å². The SMILES string of the molecule is Cc1ccc(/C(Cl)=C(/C#N)c2ccccc2)c(Cl)c1. The van der Waals surface area contributed by atoms with Gasteiger partial charge in [-0.1, -0.05) is 65.7 Å². The van der Waals surface area contributed by atoms with Crippen LogP contribution in [0.1, 0.15) is 16.7 Å². The minimum Gasteiger partial charge on any atom is -0.192 e. The first-order valence-corrected chi connectivity index (χ1v) is 6.51. The lowest BCUT2D eigenvalue weighted by Gasteiger charge is -2.07. The van der Waals surface area contributed by atoms with E-state index in [0.717, 1.165) is 11.1 Å². The number of aryl methyl sites for hydroxylation is 1. The number of rotatable bonds is 2.